The first-order chi connectivity index (χ1) is 11.7. The lowest BCUT2D eigenvalue weighted by Gasteiger charge is -2.25. The molecule has 0 saturated heterocycles. The second kappa shape index (κ2) is 10.3. The van der Waals surface area contributed by atoms with Crippen molar-refractivity contribution in [2.45, 2.75) is 45.6 Å². The highest BCUT2D eigenvalue weighted by atomic mass is 16.5. The van der Waals surface area contributed by atoms with Crippen molar-refractivity contribution in [3.8, 4) is 5.75 Å². The van der Waals surface area contributed by atoms with E-state index >= 15 is 0 Å². The van der Waals surface area contributed by atoms with Crippen LogP contribution >= 0.6 is 0 Å². The quantitative estimate of drug-likeness (QED) is 0.659. The predicted molar refractivity (Wildman–Crippen MR) is 102 cm³/mol. The van der Waals surface area contributed by atoms with Crippen LogP contribution in [-0.4, -0.2) is 42.4 Å². The van der Waals surface area contributed by atoms with Gasteiger partial charge in [-0.3, -0.25) is 0 Å². The summed E-state index contributed by atoms with van der Waals surface area (Å²) in [5, 5.41) is 12.7. The minimum Gasteiger partial charge on any atom is -0.491 e. The van der Waals surface area contributed by atoms with Crippen LogP contribution in [0.25, 0.3) is 10.8 Å². The Kier molecular flexibility index (Phi) is 8.06. The van der Waals surface area contributed by atoms with Crippen molar-refractivity contribution in [3.63, 3.8) is 0 Å². The molecule has 132 valence electrons. The average Bonchev–Trinajstić information content (AvgIpc) is 2.62. The highest BCUT2D eigenvalue weighted by molar-refractivity contribution is 5.83. The Morgan fingerprint density at radius 2 is 1.62 bits per heavy atom. The average molecular weight is 329 g/mol. The maximum absolute atomic E-state index is 10.3. The van der Waals surface area contributed by atoms with Gasteiger partial charge in [0.25, 0.3) is 0 Å². The van der Waals surface area contributed by atoms with Gasteiger partial charge in [-0.25, -0.2) is 0 Å². The highest BCUT2D eigenvalue weighted by Gasteiger charge is 2.12. The van der Waals surface area contributed by atoms with Crippen molar-refractivity contribution in [2.75, 3.05) is 26.2 Å². The van der Waals surface area contributed by atoms with E-state index in [9.17, 15) is 5.11 Å². The molecule has 0 amide bonds. The summed E-state index contributed by atoms with van der Waals surface area (Å²) >= 11 is 0. The second-order valence-corrected chi connectivity index (χ2v) is 6.48. The van der Waals surface area contributed by atoms with E-state index in [0.717, 1.165) is 24.2 Å². The van der Waals surface area contributed by atoms with Crippen LogP contribution < -0.4 is 4.74 Å². The minimum atomic E-state index is -0.454. The van der Waals surface area contributed by atoms with E-state index in [2.05, 4.69) is 36.9 Å². The van der Waals surface area contributed by atoms with E-state index in [4.69, 9.17) is 4.74 Å². The number of aliphatic hydroxyl groups excluding tert-OH is 1. The maximum Gasteiger partial charge on any atom is 0.120 e. The molecular formula is C21H31NO2. The fourth-order valence-electron chi connectivity index (χ4n) is 2.86. The molecule has 0 aliphatic heterocycles. The van der Waals surface area contributed by atoms with Crippen LogP contribution in [0.1, 0.15) is 39.5 Å². The van der Waals surface area contributed by atoms with E-state index in [-0.39, 0.29) is 0 Å². The first-order valence-electron chi connectivity index (χ1n) is 9.25. The van der Waals surface area contributed by atoms with Crippen molar-refractivity contribution in [2.24, 2.45) is 0 Å². The monoisotopic (exact) mass is 329 g/mol. The van der Waals surface area contributed by atoms with Crippen LogP contribution in [0.4, 0.5) is 0 Å². The predicted octanol–water partition coefficient (Wildman–Crippen LogP) is 4.48. The number of aliphatic hydroxyl groups is 1. The number of fused-ring (bicyclic) bond motifs is 1. The summed E-state index contributed by atoms with van der Waals surface area (Å²) in [6.07, 6.45) is 4.29. The zero-order valence-corrected chi connectivity index (χ0v) is 15.1. The van der Waals surface area contributed by atoms with Gasteiger partial charge >= 0.3 is 0 Å². The summed E-state index contributed by atoms with van der Waals surface area (Å²) in [6, 6.07) is 14.3. The summed E-state index contributed by atoms with van der Waals surface area (Å²) < 4.78 is 5.81. The van der Waals surface area contributed by atoms with Gasteiger partial charge in [-0.2, -0.15) is 0 Å². The van der Waals surface area contributed by atoms with Crippen LogP contribution in [0.2, 0.25) is 0 Å². The third kappa shape index (κ3) is 6.14. The van der Waals surface area contributed by atoms with Crippen LogP contribution in [0, 0.1) is 0 Å². The van der Waals surface area contributed by atoms with Crippen LogP contribution in [-0.2, 0) is 0 Å². The smallest absolute Gasteiger partial charge is 0.120 e. The van der Waals surface area contributed by atoms with E-state index < -0.39 is 6.10 Å². The molecule has 0 radical (unpaired) electrons. The van der Waals surface area contributed by atoms with Crippen molar-refractivity contribution >= 4 is 10.8 Å². The molecular weight excluding hydrogens is 298 g/mol. The Hall–Kier alpha value is -1.58. The van der Waals surface area contributed by atoms with Crippen LogP contribution in [0.3, 0.4) is 0 Å². The molecule has 2 aromatic carbocycles. The van der Waals surface area contributed by atoms with Gasteiger partial charge in [-0.05, 0) is 48.8 Å². The largest absolute Gasteiger partial charge is 0.491 e. The van der Waals surface area contributed by atoms with E-state index in [1.165, 1.54) is 31.1 Å². The molecule has 3 nitrogen and oxygen atoms in total. The molecule has 1 N–H and O–H groups in total. The Bertz CT molecular complexity index is 591. The molecule has 0 aliphatic rings. The van der Waals surface area contributed by atoms with Gasteiger partial charge < -0.3 is 14.7 Å². The van der Waals surface area contributed by atoms with Gasteiger partial charge in [0.05, 0.1) is 0 Å². The summed E-state index contributed by atoms with van der Waals surface area (Å²) in [4.78, 5) is 2.36. The SMILES string of the molecule is CCCCN(CCCC)C[C@@H](O)COc1ccc2ccccc2c1. The zero-order valence-electron chi connectivity index (χ0n) is 15.1. The molecule has 0 bridgehead atoms. The topological polar surface area (TPSA) is 32.7 Å². The number of hydrogen-bond donors (Lipinski definition) is 1. The van der Waals surface area contributed by atoms with Crippen LogP contribution in [0.5, 0.6) is 5.75 Å². The molecule has 0 fully saturated rings. The minimum absolute atomic E-state index is 0.340. The highest BCUT2D eigenvalue weighted by Crippen LogP contribution is 2.20. The first-order valence-corrected chi connectivity index (χ1v) is 9.25. The molecule has 3 heteroatoms. The molecule has 0 aromatic heterocycles. The van der Waals surface area contributed by atoms with E-state index in [1.54, 1.807) is 0 Å². The molecule has 0 aliphatic carbocycles. The van der Waals surface area contributed by atoms with Crippen molar-refractivity contribution in [1.29, 1.82) is 0 Å². The normalized spacial score (nSPS) is 12.7. The maximum atomic E-state index is 10.3. The molecule has 0 spiro atoms. The fourth-order valence-corrected chi connectivity index (χ4v) is 2.86. The first kappa shape index (κ1) is 18.8. The van der Waals surface area contributed by atoms with Gasteiger partial charge in [-0.15, -0.1) is 0 Å². The summed E-state index contributed by atoms with van der Waals surface area (Å²) in [5.74, 6) is 0.821. The zero-order chi connectivity index (χ0) is 17.2. The molecule has 2 rings (SSSR count). The summed E-state index contributed by atoms with van der Waals surface area (Å²) in [7, 11) is 0. The van der Waals surface area contributed by atoms with Gasteiger partial charge in [0.1, 0.15) is 18.5 Å². The number of ether oxygens (including phenoxy) is 1. The molecule has 0 heterocycles. The molecule has 2 aromatic rings. The van der Waals surface area contributed by atoms with E-state index in [1.807, 2.05) is 24.3 Å². The number of nitrogens with zero attached hydrogens (tertiary/aromatic N) is 1. The summed E-state index contributed by atoms with van der Waals surface area (Å²) in [5.41, 5.74) is 0. The lowest BCUT2D eigenvalue weighted by molar-refractivity contribution is 0.0672. The molecule has 24 heavy (non-hydrogen) atoms. The lowest BCUT2D eigenvalue weighted by Crippen LogP contribution is -2.36. The number of rotatable bonds is 11. The summed E-state index contributed by atoms with van der Waals surface area (Å²) in [6.45, 7) is 7.56. The molecule has 0 unspecified atom stereocenters. The Morgan fingerprint density at radius 3 is 2.29 bits per heavy atom. The van der Waals surface area contributed by atoms with Gasteiger partial charge in [-0.1, -0.05) is 57.0 Å². The van der Waals surface area contributed by atoms with E-state index in [0.29, 0.717) is 13.2 Å². The molecule has 1 atom stereocenters. The fraction of sp³-hybridized carbons (Fsp3) is 0.524. The number of unbranched alkanes of at least 4 members (excludes halogenated alkanes) is 2. The van der Waals surface area contributed by atoms with Gasteiger partial charge in [0.2, 0.25) is 0 Å². The Labute approximate surface area is 146 Å². The third-order valence-electron chi connectivity index (χ3n) is 4.29. The van der Waals surface area contributed by atoms with Gasteiger partial charge in [0.15, 0.2) is 0 Å². The third-order valence-corrected chi connectivity index (χ3v) is 4.29. The van der Waals surface area contributed by atoms with Crippen molar-refractivity contribution < 1.29 is 9.84 Å². The number of benzene rings is 2. The standard InChI is InChI=1S/C21H31NO2/c1-3-5-13-22(14-6-4-2)16-20(23)17-24-21-12-11-18-9-7-8-10-19(18)15-21/h7-12,15,20,23H,3-6,13-14,16-17H2,1-2H3/t20-/m1/s1. The Morgan fingerprint density at radius 1 is 0.958 bits per heavy atom. The van der Waals surface area contributed by atoms with Crippen molar-refractivity contribution in [1.82, 2.24) is 4.90 Å². The Balaban J connectivity index is 1.84. The number of hydrogen-bond acceptors (Lipinski definition) is 3. The molecule has 0 saturated carbocycles. The van der Waals surface area contributed by atoms with Gasteiger partial charge in [0, 0.05) is 6.54 Å². The van der Waals surface area contributed by atoms with Crippen molar-refractivity contribution in [3.05, 3.63) is 42.5 Å². The van der Waals surface area contributed by atoms with Crippen LogP contribution in [0.15, 0.2) is 42.5 Å². The second-order valence-electron chi connectivity index (χ2n) is 6.48. The lowest BCUT2D eigenvalue weighted by atomic mass is 10.1.